The molecule has 266 valence electrons. The fraction of sp³-hybridized carbons (Fsp3) is 0.289. The number of nitrogens with one attached hydrogen (secondary N) is 4. The highest BCUT2D eigenvalue weighted by Crippen LogP contribution is 2.33. The van der Waals surface area contributed by atoms with Crippen LogP contribution < -0.4 is 15.5 Å². The molecule has 0 atom stereocenters. The summed E-state index contributed by atoms with van der Waals surface area (Å²) in [5, 5.41) is 13.8. The van der Waals surface area contributed by atoms with Gasteiger partial charge in [-0.3, -0.25) is 20.0 Å². The second-order valence-electron chi connectivity index (χ2n) is 13.4. The zero-order valence-corrected chi connectivity index (χ0v) is 28.5. The number of H-pyrrole nitrogens is 2. The third-order valence-electron chi connectivity index (χ3n) is 9.83. The van der Waals surface area contributed by atoms with E-state index in [2.05, 4.69) is 52.6 Å². The van der Waals surface area contributed by atoms with Crippen LogP contribution in [0.5, 0.6) is 0 Å². The number of amides is 2. The van der Waals surface area contributed by atoms with Crippen LogP contribution in [0.3, 0.4) is 0 Å². The summed E-state index contributed by atoms with van der Waals surface area (Å²) >= 11 is 0. The highest BCUT2D eigenvalue weighted by atomic mass is 19.1. The highest BCUT2D eigenvalue weighted by molar-refractivity contribution is 6.16. The predicted molar refractivity (Wildman–Crippen MR) is 194 cm³/mol. The van der Waals surface area contributed by atoms with Crippen molar-refractivity contribution >= 4 is 45.3 Å². The van der Waals surface area contributed by atoms with E-state index in [0.29, 0.717) is 68.8 Å². The molecule has 2 aliphatic rings. The Hall–Kier alpha value is -5.73. The Morgan fingerprint density at radius 1 is 0.942 bits per heavy atom. The summed E-state index contributed by atoms with van der Waals surface area (Å²) < 4.78 is 34.0. The second kappa shape index (κ2) is 14.1. The number of carbonyl (C=O) groups excluding carboxylic acids is 2. The standard InChI is InChI=1S/C38H37F2N9O3/c1-48-6-8-49(9-7-48)28-2-3-29(32(18-28)44-27-4-10-52-11-5-27)37(50)45-38(51)35-31-15-23(12-22-13-25(39)17-26(40)14-22)30(19-33(31)46-47-35)24-16-34-36(41-20-24)43-21-42-34/h2-3,13-21,27,44H,4-12H2,1H3,(H,46,47)(H,41,42,43)(H,45,50,51). The Labute approximate surface area is 297 Å². The lowest BCUT2D eigenvalue weighted by Gasteiger charge is -2.34. The number of piperazine rings is 1. The van der Waals surface area contributed by atoms with Crippen LogP contribution in [0.25, 0.3) is 33.2 Å². The smallest absolute Gasteiger partial charge is 0.279 e. The van der Waals surface area contributed by atoms with Crippen molar-refractivity contribution in [2.24, 2.45) is 0 Å². The van der Waals surface area contributed by atoms with Crippen LogP contribution in [0.2, 0.25) is 0 Å². The van der Waals surface area contributed by atoms with Crippen molar-refractivity contribution in [1.29, 1.82) is 0 Å². The topological polar surface area (TPSA) is 144 Å². The molecule has 8 rings (SSSR count). The average Bonchev–Trinajstić information content (AvgIpc) is 3.78. The van der Waals surface area contributed by atoms with Crippen molar-refractivity contribution in [2.75, 3.05) is 56.7 Å². The molecule has 2 fully saturated rings. The number of aromatic nitrogens is 5. The van der Waals surface area contributed by atoms with Crippen molar-refractivity contribution < 1.29 is 23.1 Å². The Morgan fingerprint density at radius 2 is 1.73 bits per heavy atom. The van der Waals surface area contributed by atoms with Gasteiger partial charge in [-0.2, -0.15) is 5.10 Å². The summed E-state index contributed by atoms with van der Waals surface area (Å²) in [4.78, 5) is 44.0. The maximum absolute atomic E-state index is 14.2. The van der Waals surface area contributed by atoms with Gasteiger partial charge in [0.15, 0.2) is 11.3 Å². The van der Waals surface area contributed by atoms with E-state index < -0.39 is 23.4 Å². The van der Waals surface area contributed by atoms with Gasteiger partial charge in [-0.1, -0.05) is 0 Å². The Kier molecular flexibility index (Phi) is 9.07. The second-order valence-corrected chi connectivity index (χ2v) is 13.4. The van der Waals surface area contributed by atoms with Gasteiger partial charge in [0.25, 0.3) is 11.8 Å². The van der Waals surface area contributed by atoms with E-state index in [0.717, 1.165) is 50.8 Å². The molecule has 0 saturated carbocycles. The largest absolute Gasteiger partial charge is 0.381 e. The quantitative estimate of drug-likeness (QED) is 0.156. The van der Waals surface area contributed by atoms with Crippen molar-refractivity contribution in [1.82, 2.24) is 35.4 Å². The van der Waals surface area contributed by atoms with Gasteiger partial charge in [0.1, 0.15) is 17.2 Å². The number of carbonyl (C=O) groups is 2. The molecule has 0 aliphatic carbocycles. The average molecular weight is 706 g/mol. The summed E-state index contributed by atoms with van der Waals surface area (Å²) in [7, 11) is 2.10. The van der Waals surface area contributed by atoms with Gasteiger partial charge in [0.2, 0.25) is 0 Å². The number of ether oxygens (including phenoxy) is 1. The Morgan fingerprint density at radius 3 is 2.52 bits per heavy atom. The lowest BCUT2D eigenvalue weighted by Crippen LogP contribution is -2.44. The first kappa shape index (κ1) is 33.4. The van der Waals surface area contributed by atoms with E-state index in [4.69, 9.17) is 4.74 Å². The monoisotopic (exact) mass is 705 g/mol. The van der Waals surface area contributed by atoms with Crippen molar-refractivity contribution in [2.45, 2.75) is 25.3 Å². The number of imidazole rings is 1. The molecule has 3 aromatic carbocycles. The first-order valence-electron chi connectivity index (χ1n) is 17.3. The van der Waals surface area contributed by atoms with Gasteiger partial charge >= 0.3 is 0 Å². The predicted octanol–water partition coefficient (Wildman–Crippen LogP) is 5.28. The van der Waals surface area contributed by atoms with Gasteiger partial charge in [0.05, 0.1) is 17.4 Å². The minimum absolute atomic E-state index is 0.00967. The van der Waals surface area contributed by atoms with Crippen LogP contribution in [-0.2, 0) is 11.2 Å². The fourth-order valence-corrected chi connectivity index (χ4v) is 7.01. The van der Waals surface area contributed by atoms with Crippen molar-refractivity contribution in [3.05, 3.63) is 101 Å². The molecular weight excluding hydrogens is 668 g/mol. The molecule has 4 N–H and O–H groups in total. The van der Waals surface area contributed by atoms with Crippen LogP contribution in [0.15, 0.2) is 67.1 Å². The number of pyridine rings is 1. The number of imide groups is 1. The molecule has 52 heavy (non-hydrogen) atoms. The van der Waals surface area contributed by atoms with Crippen LogP contribution in [0.1, 0.15) is 44.8 Å². The summed E-state index contributed by atoms with van der Waals surface area (Å²) in [5.74, 6) is -2.64. The molecule has 3 aromatic heterocycles. The van der Waals surface area contributed by atoms with E-state index in [9.17, 15) is 18.4 Å². The summed E-state index contributed by atoms with van der Waals surface area (Å²) in [6.07, 6.45) is 4.98. The molecular formula is C38H37F2N9O3. The molecule has 12 nitrogen and oxygen atoms in total. The van der Waals surface area contributed by atoms with E-state index >= 15 is 0 Å². The zero-order chi connectivity index (χ0) is 35.8. The van der Waals surface area contributed by atoms with Crippen LogP contribution in [0, 0.1) is 11.6 Å². The summed E-state index contributed by atoms with van der Waals surface area (Å²) in [6.45, 7) is 4.89. The maximum atomic E-state index is 14.2. The van der Waals surface area contributed by atoms with Gasteiger partial charge in [-0.25, -0.2) is 18.7 Å². The van der Waals surface area contributed by atoms with Crippen LogP contribution in [0.4, 0.5) is 20.2 Å². The minimum Gasteiger partial charge on any atom is -0.381 e. The van der Waals surface area contributed by atoms with Gasteiger partial charge < -0.3 is 24.8 Å². The first-order valence-corrected chi connectivity index (χ1v) is 17.3. The van der Waals surface area contributed by atoms with E-state index in [1.165, 1.54) is 12.1 Å². The first-order chi connectivity index (χ1) is 25.3. The lowest BCUT2D eigenvalue weighted by molar-refractivity contribution is 0.0847. The number of rotatable bonds is 8. The number of aromatic amines is 2. The molecule has 14 heteroatoms. The van der Waals surface area contributed by atoms with Crippen LogP contribution in [-0.4, -0.2) is 94.3 Å². The Bertz CT molecular complexity index is 2270. The van der Waals surface area contributed by atoms with Crippen LogP contribution >= 0.6 is 0 Å². The zero-order valence-electron chi connectivity index (χ0n) is 28.5. The van der Waals surface area contributed by atoms with E-state index in [1.54, 1.807) is 24.7 Å². The van der Waals surface area contributed by atoms with Gasteiger partial charge in [-0.15, -0.1) is 0 Å². The maximum Gasteiger partial charge on any atom is 0.279 e. The number of hydrogen-bond donors (Lipinski definition) is 4. The number of anilines is 2. The molecule has 0 unspecified atom stereocenters. The number of nitrogens with zero attached hydrogens (tertiary/aromatic N) is 5. The van der Waals surface area contributed by atoms with E-state index in [-0.39, 0.29) is 18.2 Å². The third kappa shape index (κ3) is 6.94. The molecule has 5 heterocycles. The molecule has 0 radical (unpaired) electrons. The summed E-state index contributed by atoms with van der Waals surface area (Å²) in [5.41, 5.74) is 6.30. The molecule has 0 bridgehead atoms. The number of hydrogen-bond acceptors (Lipinski definition) is 9. The number of likely N-dealkylation sites (N-methyl/N-ethyl adjacent to an activating group) is 1. The number of halogens is 2. The highest BCUT2D eigenvalue weighted by Gasteiger charge is 2.25. The summed E-state index contributed by atoms with van der Waals surface area (Å²) in [6, 6.07) is 14.6. The normalized spacial score (nSPS) is 15.7. The molecule has 6 aromatic rings. The number of benzene rings is 3. The lowest BCUT2D eigenvalue weighted by atomic mass is 9.93. The number of fused-ring (bicyclic) bond motifs is 2. The minimum atomic E-state index is -0.693. The van der Waals surface area contributed by atoms with Gasteiger partial charge in [0, 0.05) is 80.0 Å². The molecule has 2 saturated heterocycles. The van der Waals surface area contributed by atoms with Crippen molar-refractivity contribution in [3.8, 4) is 11.1 Å². The van der Waals surface area contributed by atoms with E-state index in [1.807, 2.05) is 24.3 Å². The SMILES string of the molecule is CN1CCN(c2ccc(C(=O)NC(=O)c3n[nH]c4cc(-c5cnc6[nH]cnc6c5)c(Cc5cc(F)cc(F)c5)cc34)c(NC3CCOCC3)c2)CC1. The van der Waals surface area contributed by atoms with Gasteiger partial charge in [-0.05, 0) is 91.5 Å². The Balaban J connectivity index is 1.11. The molecule has 2 amide bonds. The fourth-order valence-electron chi connectivity index (χ4n) is 7.01. The third-order valence-corrected chi connectivity index (χ3v) is 9.83. The molecule has 2 aliphatic heterocycles. The molecule has 0 spiro atoms. The van der Waals surface area contributed by atoms with Crippen molar-refractivity contribution in [3.63, 3.8) is 0 Å².